The van der Waals surface area contributed by atoms with Crippen molar-refractivity contribution in [2.24, 2.45) is 0 Å². The summed E-state index contributed by atoms with van der Waals surface area (Å²) < 4.78 is 21.8. The zero-order valence-electron chi connectivity index (χ0n) is 13.0. The van der Waals surface area contributed by atoms with Crippen LogP contribution >= 0.6 is 0 Å². The molecule has 2 atom stereocenters. The van der Waals surface area contributed by atoms with Gasteiger partial charge < -0.3 is 14.1 Å². The van der Waals surface area contributed by atoms with Gasteiger partial charge in [0, 0.05) is 23.1 Å². The minimum absolute atomic E-state index is 0.247. The largest absolute Gasteiger partial charge is 0.466 e. The van der Waals surface area contributed by atoms with E-state index in [0.29, 0.717) is 17.7 Å². The van der Waals surface area contributed by atoms with Gasteiger partial charge in [0.25, 0.3) is 0 Å². The summed E-state index contributed by atoms with van der Waals surface area (Å²) in [5, 5.41) is 10.6. The van der Waals surface area contributed by atoms with Crippen LogP contribution in [-0.2, 0) is 0 Å². The van der Waals surface area contributed by atoms with E-state index in [1.165, 1.54) is 6.07 Å². The molecule has 0 spiro atoms. The van der Waals surface area contributed by atoms with Gasteiger partial charge in [-0.2, -0.15) is 0 Å². The highest BCUT2D eigenvalue weighted by molar-refractivity contribution is 5.69. The number of aliphatic hydroxyl groups excluding tert-OH is 1. The Labute approximate surface area is 133 Å². The minimum Gasteiger partial charge on any atom is -0.466 e. The smallest absolute Gasteiger partial charge is 0.129 e. The second-order valence-corrected chi connectivity index (χ2v) is 6.02. The number of imidazole rings is 1. The number of rotatable bonds is 3. The number of aromatic nitrogens is 2. The van der Waals surface area contributed by atoms with E-state index in [2.05, 4.69) is 4.98 Å². The van der Waals surface area contributed by atoms with Crippen molar-refractivity contribution < 1.29 is 13.9 Å². The molecule has 1 N–H and O–H groups in total. The SMILES string of the molecule is Cc1cc(C(O)CC2c3c(F)cccc3-c3cncn32)c(C)o1. The van der Waals surface area contributed by atoms with Gasteiger partial charge in [0.15, 0.2) is 0 Å². The van der Waals surface area contributed by atoms with Gasteiger partial charge >= 0.3 is 0 Å². The molecule has 4 nitrogen and oxygen atoms in total. The Morgan fingerprint density at radius 3 is 2.96 bits per heavy atom. The van der Waals surface area contributed by atoms with Gasteiger partial charge in [0.05, 0.1) is 30.4 Å². The summed E-state index contributed by atoms with van der Waals surface area (Å²) in [5.74, 6) is 1.22. The molecule has 0 aliphatic carbocycles. The molecule has 0 bridgehead atoms. The Morgan fingerprint density at radius 1 is 1.39 bits per heavy atom. The third kappa shape index (κ3) is 2.11. The summed E-state index contributed by atoms with van der Waals surface area (Å²) in [6, 6.07) is 6.63. The second kappa shape index (κ2) is 5.06. The van der Waals surface area contributed by atoms with E-state index in [1.54, 1.807) is 18.6 Å². The van der Waals surface area contributed by atoms with Crippen molar-refractivity contribution in [2.75, 3.05) is 0 Å². The molecular weight excluding hydrogens is 295 g/mol. The normalized spacial score (nSPS) is 17.1. The number of benzene rings is 1. The van der Waals surface area contributed by atoms with Gasteiger partial charge in [-0.1, -0.05) is 12.1 Å². The van der Waals surface area contributed by atoms with E-state index in [4.69, 9.17) is 4.42 Å². The molecule has 3 aromatic rings. The van der Waals surface area contributed by atoms with Crippen molar-refractivity contribution in [3.8, 4) is 11.3 Å². The monoisotopic (exact) mass is 312 g/mol. The zero-order valence-corrected chi connectivity index (χ0v) is 13.0. The fraction of sp³-hybridized carbons (Fsp3) is 0.278. The maximum absolute atomic E-state index is 14.4. The van der Waals surface area contributed by atoms with E-state index >= 15 is 0 Å². The Balaban J connectivity index is 1.74. The lowest BCUT2D eigenvalue weighted by Gasteiger charge is -2.19. The average molecular weight is 312 g/mol. The van der Waals surface area contributed by atoms with Gasteiger partial charge in [-0.15, -0.1) is 0 Å². The van der Waals surface area contributed by atoms with Crippen LogP contribution in [0.2, 0.25) is 0 Å². The first-order valence-electron chi connectivity index (χ1n) is 7.62. The lowest BCUT2D eigenvalue weighted by molar-refractivity contribution is 0.151. The second-order valence-electron chi connectivity index (χ2n) is 6.02. The summed E-state index contributed by atoms with van der Waals surface area (Å²) in [6.45, 7) is 3.68. The number of hydrogen-bond acceptors (Lipinski definition) is 3. The molecule has 2 unspecified atom stereocenters. The third-order valence-corrected chi connectivity index (χ3v) is 4.55. The van der Waals surface area contributed by atoms with Crippen LogP contribution in [0.1, 0.15) is 41.2 Å². The number of aryl methyl sites for hydroxylation is 2. The van der Waals surface area contributed by atoms with Crippen LogP contribution in [0.3, 0.4) is 0 Å². The Bertz CT molecular complexity index is 881. The van der Waals surface area contributed by atoms with Gasteiger partial charge in [-0.25, -0.2) is 9.37 Å². The van der Waals surface area contributed by atoms with E-state index in [1.807, 2.05) is 30.5 Å². The first-order valence-corrected chi connectivity index (χ1v) is 7.62. The Hall–Kier alpha value is -2.40. The molecular formula is C18H17FN2O2. The molecule has 118 valence electrons. The third-order valence-electron chi connectivity index (χ3n) is 4.55. The molecule has 0 fully saturated rings. The van der Waals surface area contributed by atoms with E-state index in [0.717, 1.165) is 22.6 Å². The summed E-state index contributed by atoms with van der Waals surface area (Å²) in [4.78, 5) is 4.16. The fourth-order valence-corrected chi connectivity index (χ4v) is 3.55. The number of hydrogen-bond donors (Lipinski definition) is 1. The highest BCUT2D eigenvalue weighted by atomic mass is 19.1. The molecule has 1 aliphatic rings. The molecule has 0 amide bonds. The van der Waals surface area contributed by atoms with Crippen molar-refractivity contribution in [3.05, 3.63) is 65.3 Å². The summed E-state index contributed by atoms with van der Waals surface area (Å²) >= 11 is 0. The van der Waals surface area contributed by atoms with Crippen LogP contribution in [-0.4, -0.2) is 14.7 Å². The van der Waals surface area contributed by atoms with Crippen molar-refractivity contribution in [1.82, 2.24) is 9.55 Å². The molecule has 1 aromatic carbocycles. The first kappa shape index (κ1) is 14.2. The molecule has 0 saturated heterocycles. The topological polar surface area (TPSA) is 51.2 Å². The van der Waals surface area contributed by atoms with Gasteiger partial charge in [0.1, 0.15) is 17.3 Å². The summed E-state index contributed by atoms with van der Waals surface area (Å²) in [6.07, 6.45) is 3.08. The van der Waals surface area contributed by atoms with Gasteiger partial charge in [-0.05, 0) is 26.0 Å². The van der Waals surface area contributed by atoms with Gasteiger partial charge in [0.2, 0.25) is 0 Å². The van der Waals surface area contributed by atoms with Crippen LogP contribution in [0, 0.1) is 19.7 Å². The quantitative estimate of drug-likeness (QED) is 0.797. The average Bonchev–Trinajstić information content (AvgIpc) is 3.16. The predicted molar refractivity (Wildman–Crippen MR) is 83.5 cm³/mol. The molecule has 2 aromatic heterocycles. The maximum atomic E-state index is 14.4. The highest BCUT2D eigenvalue weighted by Crippen LogP contribution is 2.44. The zero-order chi connectivity index (χ0) is 16.1. The number of fused-ring (bicyclic) bond motifs is 3. The Morgan fingerprint density at radius 2 is 2.22 bits per heavy atom. The standard InChI is InChI=1S/C18H17FN2O2/c1-10-6-13(11(2)23-10)17(22)7-15-18-12(4-3-5-14(18)19)16-8-20-9-21(15)16/h3-6,8-9,15,17,22H,7H2,1-2H3. The van der Waals surface area contributed by atoms with E-state index in [9.17, 15) is 9.50 Å². The first-order chi connectivity index (χ1) is 11.1. The van der Waals surface area contributed by atoms with Crippen molar-refractivity contribution in [3.63, 3.8) is 0 Å². The summed E-state index contributed by atoms with van der Waals surface area (Å²) in [7, 11) is 0. The predicted octanol–water partition coefficient (Wildman–Crippen LogP) is 3.93. The fourth-order valence-electron chi connectivity index (χ4n) is 3.55. The molecule has 4 rings (SSSR count). The number of nitrogens with zero attached hydrogens (tertiary/aromatic N) is 2. The van der Waals surface area contributed by atoms with Crippen LogP contribution in [0.25, 0.3) is 11.3 Å². The molecule has 23 heavy (non-hydrogen) atoms. The van der Waals surface area contributed by atoms with Crippen LogP contribution in [0.15, 0.2) is 41.2 Å². The molecule has 0 saturated carbocycles. The van der Waals surface area contributed by atoms with E-state index < -0.39 is 6.10 Å². The van der Waals surface area contributed by atoms with Crippen LogP contribution < -0.4 is 0 Å². The summed E-state index contributed by atoms with van der Waals surface area (Å²) in [5.41, 5.74) is 3.12. The lowest BCUT2D eigenvalue weighted by atomic mass is 9.95. The number of aliphatic hydroxyl groups is 1. The van der Waals surface area contributed by atoms with Crippen LogP contribution in [0.5, 0.6) is 0 Å². The maximum Gasteiger partial charge on any atom is 0.129 e. The Kier molecular flexibility index (Phi) is 3.13. The van der Waals surface area contributed by atoms with E-state index in [-0.39, 0.29) is 11.9 Å². The van der Waals surface area contributed by atoms with Crippen molar-refractivity contribution in [2.45, 2.75) is 32.4 Å². The molecule has 5 heteroatoms. The molecule has 1 aliphatic heterocycles. The molecule has 0 radical (unpaired) electrons. The van der Waals surface area contributed by atoms with Crippen LogP contribution in [0.4, 0.5) is 4.39 Å². The number of furan rings is 1. The minimum atomic E-state index is -0.724. The highest BCUT2D eigenvalue weighted by Gasteiger charge is 2.33. The molecule has 3 heterocycles. The lowest BCUT2D eigenvalue weighted by Crippen LogP contribution is -2.12. The van der Waals surface area contributed by atoms with Crippen molar-refractivity contribution in [1.29, 1.82) is 0 Å². The van der Waals surface area contributed by atoms with Crippen molar-refractivity contribution >= 4 is 0 Å². The van der Waals surface area contributed by atoms with Gasteiger partial charge in [-0.3, -0.25) is 0 Å². The number of halogens is 1.